The standard InChI is InChI=1S/C22H18N2O5S.C15H15NO2S.C7H4ClNO3.CH4.ClH/c1-2-29-22(26)19-13-15-11-12-23(18-6-4-3-5-17(18)20(15)30-19)21(25)14-7-9-16(10-8-14)24(27)28;1-2-18-15(17)13-9-10-7-8-16-12-6-4-3-5-11(12)14(10)19-13;8-7(10)5-1-3-6(4-2-5)9(11)12;;/h3-10,13H,2,11-12H2,1H3;3-6,9,16H,2,7-8H2,1H3;1-4H;1H4;1H. The van der Waals surface area contributed by atoms with Crippen LogP contribution in [0.3, 0.4) is 0 Å². The molecule has 0 aliphatic carbocycles. The van der Waals surface area contributed by atoms with Crippen molar-refractivity contribution < 1.29 is 38.5 Å². The molecule has 328 valence electrons. The Kier molecular flexibility index (Phi) is 17.6. The van der Waals surface area contributed by atoms with Crippen LogP contribution in [0.15, 0.2) is 109 Å². The van der Waals surface area contributed by atoms with Crippen molar-refractivity contribution in [3.63, 3.8) is 0 Å². The van der Waals surface area contributed by atoms with Gasteiger partial charge in [-0.15, -0.1) is 35.1 Å². The van der Waals surface area contributed by atoms with Crippen molar-refractivity contribution in [2.75, 3.05) is 36.5 Å². The van der Waals surface area contributed by atoms with Gasteiger partial charge in [-0.1, -0.05) is 43.8 Å². The minimum Gasteiger partial charge on any atom is -0.462 e. The number of carbonyl (C=O) groups excluding carboxylic acids is 4. The number of fused-ring (bicyclic) bond motifs is 6. The molecule has 4 aromatic carbocycles. The number of non-ortho nitro benzene ring substituents is 2. The Morgan fingerprint density at radius 1 is 0.698 bits per heavy atom. The summed E-state index contributed by atoms with van der Waals surface area (Å²) in [4.78, 5) is 72.8. The molecule has 8 rings (SSSR count). The average Bonchev–Trinajstić information content (AvgIpc) is 3.81. The van der Waals surface area contributed by atoms with Crippen LogP contribution in [-0.2, 0) is 22.3 Å². The van der Waals surface area contributed by atoms with Crippen molar-refractivity contribution in [3.05, 3.63) is 161 Å². The van der Waals surface area contributed by atoms with Crippen molar-refractivity contribution >= 4 is 92.5 Å². The van der Waals surface area contributed by atoms with Crippen LogP contribution in [0, 0.1) is 20.2 Å². The molecule has 1 amide bonds. The van der Waals surface area contributed by atoms with E-state index in [4.69, 9.17) is 21.1 Å². The maximum absolute atomic E-state index is 13.2. The number of nitrogens with zero attached hydrogens (tertiary/aromatic N) is 3. The highest BCUT2D eigenvalue weighted by Crippen LogP contribution is 2.42. The number of hydrogen-bond donors (Lipinski definition) is 1. The number of esters is 2. The SMILES string of the molecule is C.CCOC(=O)c1cc2c(s1)-c1ccccc1N(C(=O)c1ccc([N+](=O)[O-])cc1)CC2.CCOC(=O)c1cc2c(s1)-c1ccccc1NCC2.Cl.O=C(Cl)c1ccc([N+](=O)[O-])cc1. The number of benzene rings is 4. The molecule has 0 bridgehead atoms. The van der Waals surface area contributed by atoms with Crippen molar-refractivity contribution in [1.29, 1.82) is 0 Å². The molecule has 0 unspecified atom stereocenters. The van der Waals surface area contributed by atoms with Crippen LogP contribution < -0.4 is 10.2 Å². The number of para-hydroxylation sites is 2. The van der Waals surface area contributed by atoms with Crippen LogP contribution in [0.25, 0.3) is 20.9 Å². The maximum Gasteiger partial charge on any atom is 0.348 e. The molecule has 0 saturated carbocycles. The molecule has 0 radical (unpaired) electrons. The van der Waals surface area contributed by atoms with E-state index in [0.29, 0.717) is 41.5 Å². The molecule has 2 aliphatic rings. The summed E-state index contributed by atoms with van der Waals surface area (Å²) >= 11 is 8.02. The number of nitro groups is 2. The Bertz CT molecular complexity index is 2580. The second-order valence-electron chi connectivity index (χ2n) is 13.2. The van der Waals surface area contributed by atoms with Crippen molar-refractivity contribution in [3.8, 4) is 20.9 Å². The van der Waals surface area contributed by atoms with Crippen LogP contribution in [-0.4, -0.2) is 59.2 Å². The summed E-state index contributed by atoms with van der Waals surface area (Å²) in [6.45, 7) is 5.65. The molecule has 2 aliphatic heterocycles. The average molecular weight is 934 g/mol. The zero-order valence-corrected chi connectivity index (χ0v) is 36.4. The Morgan fingerprint density at radius 2 is 1.17 bits per heavy atom. The van der Waals surface area contributed by atoms with Crippen LogP contribution in [0.1, 0.15) is 72.5 Å². The van der Waals surface area contributed by atoms with Crippen LogP contribution >= 0.6 is 46.7 Å². The topological polar surface area (TPSA) is 188 Å². The second kappa shape index (κ2) is 22.6. The number of anilines is 2. The molecule has 1 N–H and O–H groups in total. The highest BCUT2D eigenvalue weighted by molar-refractivity contribution is 7.18. The summed E-state index contributed by atoms with van der Waals surface area (Å²) in [7, 11) is 0. The number of nitro benzene ring substituents is 2. The van der Waals surface area contributed by atoms with Gasteiger partial charge in [-0.2, -0.15) is 0 Å². The van der Waals surface area contributed by atoms with Crippen LogP contribution in [0.4, 0.5) is 22.7 Å². The molecular weight excluding hydrogens is 892 g/mol. The van der Waals surface area contributed by atoms with Crippen molar-refractivity contribution in [2.24, 2.45) is 0 Å². The fourth-order valence-electron chi connectivity index (χ4n) is 6.52. The van der Waals surface area contributed by atoms with E-state index in [9.17, 15) is 39.4 Å². The number of rotatable bonds is 8. The predicted octanol–water partition coefficient (Wildman–Crippen LogP) is 11.3. The third-order valence-corrected chi connectivity index (χ3v) is 12.0. The van der Waals surface area contributed by atoms with Gasteiger partial charge in [0.05, 0.1) is 28.7 Å². The fourth-order valence-corrected chi connectivity index (χ4v) is 8.93. The molecule has 4 heterocycles. The number of carbonyl (C=O) groups is 4. The number of ether oxygens (including phenoxy) is 2. The number of thiophene rings is 2. The van der Waals surface area contributed by atoms with Gasteiger partial charge in [0.1, 0.15) is 9.75 Å². The molecule has 14 nitrogen and oxygen atoms in total. The van der Waals surface area contributed by atoms with E-state index in [1.54, 1.807) is 11.8 Å². The summed E-state index contributed by atoms with van der Waals surface area (Å²) in [5.41, 5.74) is 6.68. The number of hydrogen-bond acceptors (Lipinski definition) is 13. The molecule has 18 heteroatoms. The first kappa shape index (κ1) is 49.2. The van der Waals surface area contributed by atoms with Crippen molar-refractivity contribution in [1.82, 2.24) is 0 Å². The molecule has 2 aromatic heterocycles. The van der Waals surface area contributed by atoms with E-state index < -0.39 is 15.1 Å². The van der Waals surface area contributed by atoms with E-state index in [2.05, 4.69) is 17.4 Å². The summed E-state index contributed by atoms with van der Waals surface area (Å²) in [5, 5.41) is 23.9. The normalized spacial score (nSPS) is 11.6. The fraction of sp³-hybridized carbons (Fsp3) is 0.200. The molecule has 6 aromatic rings. The molecule has 0 spiro atoms. The summed E-state index contributed by atoms with van der Waals surface area (Å²) in [6.07, 6.45) is 1.51. The molecule has 0 saturated heterocycles. The first-order valence-electron chi connectivity index (χ1n) is 18.9. The summed E-state index contributed by atoms with van der Waals surface area (Å²) in [6, 6.07) is 30.3. The summed E-state index contributed by atoms with van der Waals surface area (Å²) in [5.74, 6) is -0.781. The lowest BCUT2D eigenvalue weighted by molar-refractivity contribution is -0.385. The van der Waals surface area contributed by atoms with E-state index in [-0.39, 0.29) is 54.6 Å². The van der Waals surface area contributed by atoms with E-state index >= 15 is 0 Å². The van der Waals surface area contributed by atoms with Gasteiger partial charge in [0, 0.05) is 75.1 Å². The van der Waals surface area contributed by atoms with Gasteiger partial charge >= 0.3 is 11.9 Å². The molecular formula is C45H42Cl2N4O10S2. The van der Waals surface area contributed by atoms with Gasteiger partial charge in [-0.25, -0.2) is 9.59 Å². The van der Waals surface area contributed by atoms with Crippen LogP contribution in [0.5, 0.6) is 0 Å². The lowest BCUT2D eigenvalue weighted by Crippen LogP contribution is -2.32. The van der Waals surface area contributed by atoms with Gasteiger partial charge < -0.3 is 19.7 Å². The smallest absolute Gasteiger partial charge is 0.348 e. The van der Waals surface area contributed by atoms with E-state index in [0.717, 1.165) is 40.3 Å². The highest BCUT2D eigenvalue weighted by Gasteiger charge is 2.28. The maximum atomic E-state index is 13.2. The zero-order valence-electron chi connectivity index (χ0n) is 33.2. The lowest BCUT2D eigenvalue weighted by Gasteiger charge is -2.23. The first-order chi connectivity index (χ1) is 29.4. The first-order valence-corrected chi connectivity index (χ1v) is 20.9. The summed E-state index contributed by atoms with van der Waals surface area (Å²) < 4.78 is 10.2. The second-order valence-corrected chi connectivity index (χ2v) is 15.6. The van der Waals surface area contributed by atoms with Gasteiger partial charge in [0.25, 0.3) is 22.5 Å². The molecule has 0 fully saturated rings. The predicted molar refractivity (Wildman–Crippen MR) is 249 cm³/mol. The third kappa shape index (κ3) is 11.7. The lowest BCUT2D eigenvalue weighted by atomic mass is 10.1. The van der Waals surface area contributed by atoms with Crippen LogP contribution in [0.2, 0.25) is 0 Å². The van der Waals surface area contributed by atoms with Gasteiger partial charge in [-0.05, 0) is 97.9 Å². The highest BCUT2D eigenvalue weighted by atomic mass is 35.5. The quantitative estimate of drug-likeness (QED) is 0.0662. The largest absolute Gasteiger partial charge is 0.462 e. The Balaban J connectivity index is 0.000000226. The zero-order chi connectivity index (χ0) is 43.6. The number of halogens is 2. The number of amides is 1. The Hall–Kier alpha value is -6.46. The number of nitrogens with one attached hydrogen (secondary N) is 1. The van der Waals surface area contributed by atoms with Gasteiger partial charge in [0.2, 0.25) is 0 Å². The Morgan fingerprint density at radius 3 is 1.70 bits per heavy atom. The minimum atomic E-state index is -0.620. The van der Waals surface area contributed by atoms with E-state index in [1.165, 1.54) is 87.2 Å². The van der Waals surface area contributed by atoms with E-state index in [1.807, 2.05) is 55.5 Å². The monoisotopic (exact) mass is 932 g/mol. The minimum absolute atomic E-state index is 0. The molecule has 0 atom stereocenters. The third-order valence-electron chi connectivity index (χ3n) is 9.37. The molecule has 63 heavy (non-hydrogen) atoms. The van der Waals surface area contributed by atoms with Gasteiger partial charge in [0.15, 0.2) is 0 Å². The van der Waals surface area contributed by atoms with Gasteiger partial charge in [-0.3, -0.25) is 29.8 Å². The van der Waals surface area contributed by atoms with Crippen molar-refractivity contribution in [2.45, 2.75) is 34.1 Å². The Labute approximate surface area is 382 Å².